The van der Waals surface area contributed by atoms with Crippen molar-refractivity contribution in [3.8, 4) is 5.75 Å². The first-order valence-electron chi connectivity index (χ1n) is 7.87. The predicted molar refractivity (Wildman–Crippen MR) is 86.5 cm³/mol. The molecule has 2 N–H and O–H groups in total. The summed E-state index contributed by atoms with van der Waals surface area (Å²) in [7, 11) is 0. The zero-order chi connectivity index (χ0) is 16.2. The molecule has 0 aliphatic heterocycles. The van der Waals surface area contributed by atoms with Crippen molar-refractivity contribution in [1.82, 2.24) is 0 Å². The molecule has 4 heteroatoms. The van der Waals surface area contributed by atoms with Gasteiger partial charge < -0.3 is 10.5 Å². The number of ether oxygens (including phenoxy) is 1. The third-order valence-electron chi connectivity index (χ3n) is 4.31. The highest BCUT2D eigenvalue weighted by molar-refractivity contribution is 5.73. The van der Waals surface area contributed by atoms with Crippen LogP contribution in [0, 0.1) is 11.7 Å². The van der Waals surface area contributed by atoms with Crippen molar-refractivity contribution in [2.45, 2.75) is 31.8 Å². The Hall–Kier alpha value is -2.36. The molecular formula is C19H20FNO2. The van der Waals surface area contributed by atoms with Crippen LogP contribution in [0.3, 0.4) is 0 Å². The quantitative estimate of drug-likeness (QED) is 0.846. The molecule has 3 nitrogen and oxygen atoms in total. The summed E-state index contributed by atoms with van der Waals surface area (Å²) in [5.41, 5.74) is 7.41. The number of carbonyl (C=O) groups excluding carboxylic acids is 1. The van der Waals surface area contributed by atoms with E-state index in [9.17, 15) is 9.18 Å². The number of rotatable bonds is 7. The Morgan fingerprint density at radius 1 is 1.13 bits per heavy atom. The molecule has 120 valence electrons. The van der Waals surface area contributed by atoms with Gasteiger partial charge in [0.05, 0.1) is 0 Å². The monoisotopic (exact) mass is 313 g/mol. The number of halogens is 1. The first-order valence-corrected chi connectivity index (χ1v) is 7.87. The topological polar surface area (TPSA) is 52.3 Å². The van der Waals surface area contributed by atoms with Crippen molar-refractivity contribution >= 4 is 5.91 Å². The minimum atomic E-state index is -0.242. The molecule has 0 spiro atoms. The number of hydrogen-bond donors (Lipinski definition) is 1. The second-order valence-corrected chi connectivity index (χ2v) is 6.09. The Bertz CT molecular complexity index is 667. The van der Waals surface area contributed by atoms with E-state index >= 15 is 0 Å². The van der Waals surface area contributed by atoms with Gasteiger partial charge in [0.25, 0.3) is 0 Å². The minimum Gasteiger partial charge on any atom is -0.489 e. The van der Waals surface area contributed by atoms with Crippen LogP contribution < -0.4 is 10.5 Å². The fraction of sp³-hybridized carbons (Fsp3) is 0.316. The van der Waals surface area contributed by atoms with Crippen LogP contribution in [0.1, 0.15) is 36.3 Å². The fourth-order valence-electron chi connectivity index (χ4n) is 2.86. The summed E-state index contributed by atoms with van der Waals surface area (Å²) in [6.45, 7) is 0.421. The number of primary amides is 1. The molecule has 3 rings (SSSR count). The van der Waals surface area contributed by atoms with E-state index in [-0.39, 0.29) is 11.7 Å². The number of amides is 1. The maximum Gasteiger partial charge on any atom is 0.217 e. The molecule has 0 radical (unpaired) electrons. The first kappa shape index (κ1) is 15.5. The van der Waals surface area contributed by atoms with E-state index < -0.39 is 0 Å². The van der Waals surface area contributed by atoms with Gasteiger partial charge in [0, 0.05) is 6.42 Å². The normalized spacial score (nSPS) is 19.3. The molecule has 2 aromatic rings. The van der Waals surface area contributed by atoms with Crippen molar-refractivity contribution in [3.63, 3.8) is 0 Å². The molecule has 2 atom stereocenters. The van der Waals surface area contributed by atoms with Crippen molar-refractivity contribution in [1.29, 1.82) is 0 Å². The molecule has 0 saturated heterocycles. The predicted octanol–water partition coefficient (Wildman–Crippen LogP) is 3.77. The maximum absolute atomic E-state index is 12.8. The number of benzene rings is 2. The Kier molecular flexibility index (Phi) is 4.60. The molecule has 1 fully saturated rings. The largest absolute Gasteiger partial charge is 0.489 e. The Labute approximate surface area is 135 Å². The molecule has 2 unspecified atom stereocenters. The van der Waals surface area contributed by atoms with Crippen molar-refractivity contribution in [2.24, 2.45) is 11.7 Å². The summed E-state index contributed by atoms with van der Waals surface area (Å²) in [4.78, 5) is 10.8. The summed E-state index contributed by atoms with van der Waals surface area (Å²) in [5, 5.41) is 0. The SMILES string of the molecule is NC(=O)CCC1CC1c1ccc(OCc2ccc(F)cc2)cc1. The van der Waals surface area contributed by atoms with Gasteiger partial charge in [-0.05, 0) is 60.1 Å². The Balaban J connectivity index is 1.50. The molecule has 0 bridgehead atoms. The number of nitrogens with two attached hydrogens (primary N) is 1. The van der Waals surface area contributed by atoms with Crippen molar-refractivity contribution < 1.29 is 13.9 Å². The lowest BCUT2D eigenvalue weighted by molar-refractivity contribution is -0.118. The van der Waals surface area contributed by atoms with E-state index in [1.54, 1.807) is 12.1 Å². The molecule has 2 aromatic carbocycles. The van der Waals surface area contributed by atoms with E-state index in [0.29, 0.717) is 24.9 Å². The Morgan fingerprint density at radius 3 is 2.48 bits per heavy atom. The smallest absolute Gasteiger partial charge is 0.217 e. The minimum absolute atomic E-state index is 0.222. The molecule has 1 aliphatic rings. The van der Waals surface area contributed by atoms with Crippen LogP contribution in [0.5, 0.6) is 5.75 Å². The average Bonchev–Trinajstić information content (AvgIpc) is 3.33. The summed E-state index contributed by atoms with van der Waals surface area (Å²) in [5.74, 6) is 1.45. The van der Waals surface area contributed by atoms with Gasteiger partial charge in [0.15, 0.2) is 0 Å². The summed E-state index contributed by atoms with van der Waals surface area (Å²) in [6.07, 6.45) is 2.48. The zero-order valence-corrected chi connectivity index (χ0v) is 12.9. The van der Waals surface area contributed by atoms with Gasteiger partial charge in [-0.25, -0.2) is 4.39 Å². The van der Waals surface area contributed by atoms with Crippen molar-refractivity contribution in [2.75, 3.05) is 0 Å². The summed E-state index contributed by atoms with van der Waals surface area (Å²) >= 11 is 0. The van der Waals surface area contributed by atoms with Gasteiger partial charge in [-0.3, -0.25) is 4.79 Å². The second-order valence-electron chi connectivity index (χ2n) is 6.09. The highest BCUT2D eigenvalue weighted by atomic mass is 19.1. The van der Waals surface area contributed by atoms with Gasteiger partial charge in [-0.1, -0.05) is 24.3 Å². The molecular weight excluding hydrogens is 293 g/mol. The zero-order valence-electron chi connectivity index (χ0n) is 12.9. The van der Waals surface area contributed by atoms with E-state index in [0.717, 1.165) is 24.2 Å². The van der Waals surface area contributed by atoms with Crippen LogP contribution in [0.15, 0.2) is 48.5 Å². The lowest BCUT2D eigenvalue weighted by atomic mass is 10.1. The van der Waals surface area contributed by atoms with Gasteiger partial charge in [0.2, 0.25) is 5.91 Å². The molecule has 0 aromatic heterocycles. The van der Waals surface area contributed by atoms with Crippen molar-refractivity contribution in [3.05, 3.63) is 65.5 Å². The first-order chi connectivity index (χ1) is 11.1. The molecule has 1 saturated carbocycles. The molecule has 1 aliphatic carbocycles. The van der Waals surface area contributed by atoms with E-state index in [1.165, 1.54) is 17.7 Å². The maximum atomic E-state index is 12.8. The third kappa shape index (κ3) is 4.31. The van der Waals surface area contributed by atoms with Crippen LogP contribution in [0.4, 0.5) is 4.39 Å². The standard InChI is InChI=1S/C19H20FNO2/c20-16-6-1-13(2-7-16)12-23-17-8-3-14(4-9-17)18-11-15(18)5-10-19(21)22/h1-4,6-9,15,18H,5,10-12H2,(H2,21,22). The molecule has 23 heavy (non-hydrogen) atoms. The lowest BCUT2D eigenvalue weighted by Crippen LogP contribution is -2.10. The van der Waals surface area contributed by atoms with E-state index in [4.69, 9.17) is 10.5 Å². The molecule has 1 amide bonds. The number of carbonyl (C=O) groups is 1. The lowest BCUT2D eigenvalue weighted by Gasteiger charge is -2.07. The summed E-state index contributed by atoms with van der Waals surface area (Å²) in [6, 6.07) is 14.4. The third-order valence-corrected chi connectivity index (χ3v) is 4.31. The van der Waals surface area contributed by atoms with Gasteiger partial charge in [-0.15, -0.1) is 0 Å². The molecule has 0 heterocycles. The van der Waals surface area contributed by atoms with Gasteiger partial charge >= 0.3 is 0 Å². The van der Waals surface area contributed by atoms with E-state index in [2.05, 4.69) is 12.1 Å². The summed E-state index contributed by atoms with van der Waals surface area (Å²) < 4.78 is 18.5. The van der Waals surface area contributed by atoms with Crippen LogP contribution in [-0.2, 0) is 11.4 Å². The Morgan fingerprint density at radius 2 is 1.83 bits per heavy atom. The van der Waals surface area contributed by atoms with E-state index in [1.807, 2.05) is 12.1 Å². The van der Waals surface area contributed by atoms with Crippen LogP contribution >= 0.6 is 0 Å². The second kappa shape index (κ2) is 6.82. The van der Waals surface area contributed by atoms with Gasteiger partial charge in [0.1, 0.15) is 18.2 Å². The van der Waals surface area contributed by atoms with Crippen LogP contribution in [0.25, 0.3) is 0 Å². The van der Waals surface area contributed by atoms with Crippen LogP contribution in [0.2, 0.25) is 0 Å². The highest BCUT2D eigenvalue weighted by Gasteiger charge is 2.37. The number of hydrogen-bond acceptors (Lipinski definition) is 2. The van der Waals surface area contributed by atoms with Crippen LogP contribution in [-0.4, -0.2) is 5.91 Å². The average molecular weight is 313 g/mol. The fourth-order valence-corrected chi connectivity index (χ4v) is 2.86. The highest BCUT2D eigenvalue weighted by Crippen LogP contribution is 2.50. The van der Waals surface area contributed by atoms with Gasteiger partial charge in [-0.2, -0.15) is 0 Å².